The molecule has 0 aliphatic heterocycles. The summed E-state index contributed by atoms with van der Waals surface area (Å²) >= 11 is 0. The lowest BCUT2D eigenvalue weighted by molar-refractivity contribution is 0.470. The molecular weight excluding hydrogens is 164 g/mol. The Hall–Kier alpha value is -1.77. The van der Waals surface area contributed by atoms with E-state index in [0.717, 1.165) is 16.5 Å². The second kappa shape index (κ2) is 2.94. The van der Waals surface area contributed by atoms with E-state index < -0.39 is 0 Å². The van der Waals surface area contributed by atoms with Crippen LogP contribution in [0.1, 0.15) is 5.56 Å². The summed E-state index contributed by atoms with van der Waals surface area (Å²) in [7, 11) is 0. The normalized spacial score (nSPS) is 10.5. The number of nitrogens with one attached hydrogen (secondary N) is 1. The molecule has 2 aromatic rings. The number of nitrogens with zero attached hydrogens (tertiary/aromatic N) is 1. The lowest BCUT2D eigenvalue weighted by Crippen LogP contribution is -1.84. The van der Waals surface area contributed by atoms with Crippen molar-refractivity contribution in [2.24, 2.45) is 0 Å². The first-order valence-electron chi connectivity index (χ1n) is 4.07. The third-order valence-electron chi connectivity index (χ3n) is 2.05. The van der Waals surface area contributed by atoms with Crippen LogP contribution < -0.4 is 0 Å². The molecule has 0 fully saturated rings. The molecule has 0 amide bonds. The highest BCUT2D eigenvalue weighted by atomic mass is 16.3. The number of hydrogen-bond acceptors (Lipinski definition) is 2. The van der Waals surface area contributed by atoms with E-state index in [9.17, 15) is 5.11 Å². The van der Waals surface area contributed by atoms with Crippen LogP contribution in [0.15, 0.2) is 31.0 Å². The highest BCUT2D eigenvalue weighted by Gasteiger charge is 2.06. The topological polar surface area (TPSA) is 48.9 Å². The molecule has 2 N–H and O–H groups in total. The Morgan fingerprint density at radius 2 is 2.38 bits per heavy atom. The van der Waals surface area contributed by atoms with Crippen LogP contribution in [0.5, 0.6) is 5.75 Å². The predicted molar refractivity (Wildman–Crippen MR) is 51.7 cm³/mol. The van der Waals surface area contributed by atoms with Gasteiger partial charge in [0.25, 0.3) is 0 Å². The number of aromatic nitrogens is 2. The summed E-state index contributed by atoms with van der Waals surface area (Å²) < 4.78 is 0. The van der Waals surface area contributed by atoms with Crippen LogP contribution in [0.25, 0.3) is 10.9 Å². The summed E-state index contributed by atoms with van der Waals surface area (Å²) in [6.07, 6.45) is 4.14. The molecular formula is C10H10N2O. The number of aromatic amines is 1. The van der Waals surface area contributed by atoms with Crippen molar-refractivity contribution in [1.82, 2.24) is 10.2 Å². The first-order chi connectivity index (χ1) is 6.33. The maximum atomic E-state index is 9.56. The summed E-state index contributed by atoms with van der Waals surface area (Å²) in [6.45, 7) is 3.64. The lowest BCUT2D eigenvalue weighted by atomic mass is 10.1. The highest BCUT2D eigenvalue weighted by molar-refractivity contribution is 5.83. The van der Waals surface area contributed by atoms with Gasteiger partial charge in [-0.15, -0.1) is 6.58 Å². The molecule has 66 valence electrons. The van der Waals surface area contributed by atoms with Gasteiger partial charge in [-0.1, -0.05) is 6.08 Å². The van der Waals surface area contributed by atoms with Gasteiger partial charge in [-0.05, 0) is 18.6 Å². The minimum atomic E-state index is 0.289. The van der Waals surface area contributed by atoms with Crippen molar-refractivity contribution >= 4 is 10.9 Å². The second-order valence-electron chi connectivity index (χ2n) is 2.89. The van der Waals surface area contributed by atoms with Gasteiger partial charge in [0.15, 0.2) is 0 Å². The lowest BCUT2D eigenvalue weighted by Gasteiger charge is -2.01. The molecule has 0 radical (unpaired) electrons. The summed E-state index contributed by atoms with van der Waals surface area (Å²) in [6, 6.07) is 3.51. The summed E-state index contributed by atoms with van der Waals surface area (Å²) in [5.41, 5.74) is 1.74. The summed E-state index contributed by atoms with van der Waals surface area (Å²) in [5.74, 6) is 0.289. The third kappa shape index (κ3) is 1.18. The molecule has 3 nitrogen and oxygen atoms in total. The number of rotatable bonds is 2. The van der Waals surface area contributed by atoms with Crippen molar-refractivity contribution in [3.63, 3.8) is 0 Å². The maximum Gasteiger partial charge on any atom is 0.121 e. The molecule has 1 heterocycles. The molecule has 13 heavy (non-hydrogen) atoms. The Labute approximate surface area is 75.7 Å². The van der Waals surface area contributed by atoms with Gasteiger partial charge in [0, 0.05) is 10.9 Å². The van der Waals surface area contributed by atoms with Gasteiger partial charge in [-0.25, -0.2) is 0 Å². The number of benzene rings is 1. The molecule has 0 aliphatic rings. The van der Waals surface area contributed by atoms with Crippen LogP contribution in [0.3, 0.4) is 0 Å². The number of aromatic hydroxyl groups is 1. The minimum Gasteiger partial charge on any atom is -0.508 e. The number of fused-ring (bicyclic) bond motifs is 1. The number of allylic oxidation sites excluding steroid dienone is 1. The largest absolute Gasteiger partial charge is 0.508 e. The first-order valence-corrected chi connectivity index (χ1v) is 4.07. The van der Waals surface area contributed by atoms with E-state index >= 15 is 0 Å². The van der Waals surface area contributed by atoms with Gasteiger partial charge in [0.05, 0.1) is 11.7 Å². The van der Waals surface area contributed by atoms with Crippen LogP contribution in [0.2, 0.25) is 0 Å². The van der Waals surface area contributed by atoms with Crippen molar-refractivity contribution in [3.8, 4) is 5.75 Å². The fourth-order valence-electron chi connectivity index (χ4n) is 1.41. The fraction of sp³-hybridized carbons (Fsp3) is 0.100. The van der Waals surface area contributed by atoms with Gasteiger partial charge in [0.1, 0.15) is 5.75 Å². The fourth-order valence-corrected chi connectivity index (χ4v) is 1.41. The molecule has 2 rings (SSSR count). The molecule has 1 aromatic heterocycles. The van der Waals surface area contributed by atoms with E-state index in [0.29, 0.717) is 6.42 Å². The minimum absolute atomic E-state index is 0.289. The Morgan fingerprint density at radius 1 is 1.54 bits per heavy atom. The highest BCUT2D eigenvalue weighted by Crippen LogP contribution is 2.25. The number of phenols is 1. The molecule has 0 saturated heterocycles. The van der Waals surface area contributed by atoms with Gasteiger partial charge in [-0.2, -0.15) is 5.10 Å². The monoisotopic (exact) mass is 174 g/mol. The van der Waals surface area contributed by atoms with Crippen molar-refractivity contribution in [1.29, 1.82) is 0 Å². The van der Waals surface area contributed by atoms with Gasteiger partial charge >= 0.3 is 0 Å². The zero-order valence-corrected chi connectivity index (χ0v) is 7.12. The van der Waals surface area contributed by atoms with E-state index in [1.165, 1.54) is 0 Å². The second-order valence-corrected chi connectivity index (χ2v) is 2.89. The molecule has 0 bridgehead atoms. The van der Waals surface area contributed by atoms with Gasteiger partial charge < -0.3 is 5.11 Å². The van der Waals surface area contributed by atoms with Crippen LogP contribution in [-0.4, -0.2) is 15.3 Å². The SMILES string of the molecule is C=CCc1c(O)ccc2cn[nH]c12. The van der Waals surface area contributed by atoms with E-state index in [2.05, 4.69) is 16.8 Å². The molecule has 1 aromatic carbocycles. The summed E-state index contributed by atoms with van der Waals surface area (Å²) in [5, 5.41) is 17.3. The Balaban J connectivity index is 2.72. The van der Waals surface area contributed by atoms with Crippen LogP contribution >= 0.6 is 0 Å². The zero-order chi connectivity index (χ0) is 9.26. The van der Waals surface area contributed by atoms with Crippen molar-refractivity contribution in [2.75, 3.05) is 0 Å². The first kappa shape index (κ1) is 7.86. The molecule has 0 aliphatic carbocycles. The molecule has 0 saturated carbocycles. The standard InChI is InChI=1S/C10H10N2O/c1-2-3-8-9(13)5-4-7-6-11-12-10(7)8/h2,4-6,13H,1,3H2,(H,11,12). The molecule has 0 unspecified atom stereocenters. The quantitative estimate of drug-likeness (QED) is 0.684. The van der Waals surface area contributed by atoms with E-state index in [1.54, 1.807) is 18.3 Å². The molecule has 0 atom stereocenters. The third-order valence-corrected chi connectivity index (χ3v) is 2.05. The van der Waals surface area contributed by atoms with E-state index in [-0.39, 0.29) is 5.75 Å². The van der Waals surface area contributed by atoms with Crippen molar-refractivity contribution < 1.29 is 5.11 Å². The predicted octanol–water partition coefficient (Wildman–Crippen LogP) is 2.00. The molecule has 3 heteroatoms. The Bertz CT molecular complexity index is 445. The van der Waals surface area contributed by atoms with Gasteiger partial charge in [0.2, 0.25) is 0 Å². The number of hydrogen-bond donors (Lipinski definition) is 2. The Kier molecular flexibility index (Phi) is 1.77. The van der Waals surface area contributed by atoms with Crippen molar-refractivity contribution in [2.45, 2.75) is 6.42 Å². The maximum absolute atomic E-state index is 9.56. The van der Waals surface area contributed by atoms with E-state index in [1.807, 2.05) is 6.07 Å². The number of H-pyrrole nitrogens is 1. The van der Waals surface area contributed by atoms with Crippen molar-refractivity contribution in [3.05, 3.63) is 36.5 Å². The average Bonchev–Trinajstić information content (AvgIpc) is 2.58. The van der Waals surface area contributed by atoms with E-state index in [4.69, 9.17) is 0 Å². The Morgan fingerprint density at radius 3 is 3.15 bits per heavy atom. The smallest absolute Gasteiger partial charge is 0.121 e. The molecule has 0 spiro atoms. The van der Waals surface area contributed by atoms with Gasteiger partial charge in [-0.3, -0.25) is 5.10 Å². The van der Waals surface area contributed by atoms with Crippen LogP contribution in [0, 0.1) is 0 Å². The summed E-state index contributed by atoms with van der Waals surface area (Å²) in [4.78, 5) is 0. The number of phenolic OH excluding ortho intramolecular Hbond substituents is 1. The van der Waals surface area contributed by atoms with Crippen LogP contribution in [-0.2, 0) is 6.42 Å². The van der Waals surface area contributed by atoms with Crippen LogP contribution in [0.4, 0.5) is 0 Å². The zero-order valence-electron chi connectivity index (χ0n) is 7.12. The average molecular weight is 174 g/mol.